The molecule has 3 aromatic carbocycles. The Morgan fingerprint density at radius 2 is 1.26 bits per heavy atom. The summed E-state index contributed by atoms with van der Waals surface area (Å²) in [6.45, 7) is 0. The summed E-state index contributed by atoms with van der Waals surface area (Å²) in [6.07, 6.45) is 3.22. The van der Waals surface area contributed by atoms with E-state index in [1.54, 1.807) is 12.3 Å². The van der Waals surface area contributed by atoms with Crippen LogP contribution in [0.15, 0.2) is 97.2 Å². The lowest BCUT2D eigenvalue weighted by Crippen LogP contribution is -1.96. The zero-order valence-corrected chi connectivity index (χ0v) is 12.6. The molecule has 112 valence electrons. The molecule has 0 spiro atoms. The average Bonchev–Trinajstić information content (AvgIpc) is 2.63. The molecule has 0 heterocycles. The fourth-order valence-electron chi connectivity index (χ4n) is 2.30. The van der Waals surface area contributed by atoms with E-state index < -0.39 is 0 Å². The van der Waals surface area contributed by atoms with Crippen LogP contribution in [-0.4, -0.2) is 5.78 Å². The summed E-state index contributed by atoms with van der Waals surface area (Å²) in [7, 11) is 0. The first-order chi connectivity index (χ1) is 11.3. The molecule has 0 atom stereocenters. The maximum Gasteiger partial charge on any atom is 0.187 e. The van der Waals surface area contributed by atoms with Crippen LogP contribution >= 0.6 is 0 Å². The van der Waals surface area contributed by atoms with Gasteiger partial charge in [0.15, 0.2) is 5.78 Å². The molecule has 1 N–H and O–H groups in total. The van der Waals surface area contributed by atoms with E-state index in [0.717, 1.165) is 16.8 Å². The number of carbonyl (C=O) groups excluding carboxylic acids is 1. The fraction of sp³-hybridized carbons (Fsp3) is 0. The number of carbonyl (C=O) groups is 1. The highest BCUT2D eigenvalue weighted by Gasteiger charge is 2.02. The van der Waals surface area contributed by atoms with Crippen molar-refractivity contribution in [2.45, 2.75) is 0 Å². The van der Waals surface area contributed by atoms with Crippen molar-refractivity contribution in [2.24, 2.45) is 0 Å². The second-order valence-corrected chi connectivity index (χ2v) is 5.15. The van der Waals surface area contributed by atoms with Crippen LogP contribution in [0.1, 0.15) is 10.4 Å². The van der Waals surface area contributed by atoms with Gasteiger partial charge in [-0.05, 0) is 23.3 Å². The minimum absolute atomic E-state index is 0.0203. The fourth-order valence-corrected chi connectivity index (χ4v) is 2.30. The molecule has 0 unspecified atom stereocenters. The normalized spacial score (nSPS) is 10.6. The van der Waals surface area contributed by atoms with E-state index in [4.69, 9.17) is 0 Å². The van der Waals surface area contributed by atoms with E-state index in [1.807, 2.05) is 72.8 Å². The van der Waals surface area contributed by atoms with Gasteiger partial charge in [-0.1, -0.05) is 72.8 Å². The van der Waals surface area contributed by atoms with Gasteiger partial charge < -0.3 is 5.32 Å². The molecule has 0 saturated heterocycles. The zero-order valence-electron chi connectivity index (χ0n) is 12.6. The zero-order chi connectivity index (χ0) is 15.9. The third kappa shape index (κ3) is 3.95. The summed E-state index contributed by atoms with van der Waals surface area (Å²) < 4.78 is 0. The van der Waals surface area contributed by atoms with Gasteiger partial charge in [-0.25, -0.2) is 0 Å². The average molecular weight is 299 g/mol. The number of hydrogen-bond acceptors (Lipinski definition) is 2. The predicted octanol–water partition coefficient (Wildman–Crippen LogP) is 5.16. The topological polar surface area (TPSA) is 29.1 Å². The number of hydrogen-bond donors (Lipinski definition) is 1. The molecule has 0 aromatic heterocycles. The van der Waals surface area contributed by atoms with Crippen molar-refractivity contribution in [1.29, 1.82) is 0 Å². The number of benzene rings is 3. The highest BCUT2D eigenvalue weighted by atomic mass is 16.1. The SMILES string of the molecule is O=C(C=CNc1ccccc1)c1ccc(-c2ccccc2)cc1. The van der Waals surface area contributed by atoms with Crippen LogP contribution in [0.4, 0.5) is 5.69 Å². The highest BCUT2D eigenvalue weighted by Crippen LogP contribution is 2.19. The Bertz CT molecular complexity index is 790. The van der Waals surface area contributed by atoms with Crippen LogP contribution in [0.25, 0.3) is 11.1 Å². The molecular weight excluding hydrogens is 282 g/mol. The third-order valence-corrected chi connectivity index (χ3v) is 3.54. The number of rotatable bonds is 5. The van der Waals surface area contributed by atoms with Crippen molar-refractivity contribution in [3.8, 4) is 11.1 Å². The Balaban J connectivity index is 1.66. The van der Waals surface area contributed by atoms with Gasteiger partial charge in [0.1, 0.15) is 0 Å². The summed E-state index contributed by atoms with van der Waals surface area (Å²) in [5.74, 6) is -0.0203. The number of nitrogens with one attached hydrogen (secondary N) is 1. The van der Waals surface area contributed by atoms with Gasteiger partial charge in [-0.3, -0.25) is 4.79 Å². The van der Waals surface area contributed by atoms with Crippen molar-refractivity contribution in [1.82, 2.24) is 0 Å². The second-order valence-electron chi connectivity index (χ2n) is 5.15. The van der Waals surface area contributed by atoms with Crippen molar-refractivity contribution >= 4 is 11.5 Å². The van der Waals surface area contributed by atoms with E-state index >= 15 is 0 Å². The van der Waals surface area contributed by atoms with E-state index in [9.17, 15) is 4.79 Å². The van der Waals surface area contributed by atoms with Crippen LogP contribution in [0.3, 0.4) is 0 Å². The van der Waals surface area contributed by atoms with Crippen molar-refractivity contribution in [2.75, 3.05) is 5.32 Å². The van der Waals surface area contributed by atoms with Gasteiger partial charge in [-0.15, -0.1) is 0 Å². The van der Waals surface area contributed by atoms with E-state index in [0.29, 0.717) is 5.56 Å². The van der Waals surface area contributed by atoms with Crippen LogP contribution in [0.2, 0.25) is 0 Å². The lowest BCUT2D eigenvalue weighted by atomic mass is 10.0. The standard InChI is InChI=1S/C21H17NO/c23-21(15-16-22-20-9-5-2-6-10-20)19-13-11-18(12-14-19)17-7-3-1-4-8-17/h1-16,22H. The summed E-state index contributed by atoms with van der Waals surface area (Å²) in [4.78, 5) is 12.2. The lowest BCUT2D eigenvalue weighted by molar-refractivity contribution is 0.104. The Kier molecular flexibility index (Phi) is 4.65. The molecule has 0 saturated carbocycles. The van der Waals surface area contributed by atoms with Gasteiger partial charge in [0, 0.05) is 23.5 Å². The molecule has 0 amide bonds. The molecule has 0 bridgehead atoms. The number of allylic oxidation sites excluding steroid dienone is 1. The van der Waals surface area contributed by atoms with Gasteiger partial charge >= 0.3 is 0 Å². The second kappa shape index (κ2) is 7.23. The summed E-state index contributed by atoms with van der Waals surface area (Å²) >= 11 is 0. The van der Waals surface area contributed by atoms with Gasteiger partial charge in [0.05, 0.1) is 0 Å². The Morgan fingerprint density at radius 1 is 0.696 bits per heavy atom. The Morgan fingerprint density at radius 3 is 1.91 bits per heavy atom. The minimum Gasteiger partial charge on any atom is -0.362 e. The lowest BCUT2D eigenvalue weighted by Gasteiger charge is -2.03. The molecule has 3 rings (SSSR count). The first kappa shape index (κ1) is 14.8. The van der Waals surface area contributed by atoms with E-state index in [-0.39, 0.29) is 5.78 Å². The van der Waals surface area contributed by atoms with Gasteiger partial charge in [0.2, 0.25) is 0 Å². The summed E-state index contributed by atoms with van der Waals surface area (Å²) in [6, 6.07) is 27.5. The van der Waals surface area contributed by atoms with Crippen LogP contribution in [-0.2, 0) is 0 Å². The third-order valence-electron chi connectivity index (χ3n) is 3.54. The van der Waals surface area contributed by atoms with Gasteiger partial charge in [-0.2, -0.15) is 0 Å². The van der Waals surface area contributed by atoms with Crippen LogP contribution in [0, 0.1) is 0 Å². The van der Waals surface area contributed by atoms with E-state index in [2.05, 4.69) is 17.4 Å². The highest BCUT2D eigenvalue weighted by molar-refractivity contribution is 6.04. The molecule has 0 aliphatic rings. The Labute approximate surface area is 136 Å². The molecule has 0 radical (unpaired) electrons. The molecule has 0 aliphatic heterocycles. The maximum atomic E-state index is 12.2. The molecule has 3 aromatic rings. The summed E-state index contributed by atoms with van der Waals surface area (Å²) in [5, 5.41) is 3.08. The predicted molar refractivity (Wildman–Crippen MR) is 95.4 cm³/mol. The van der Waals surface area contributed by atoms with Crippen molar-refractivity contribution in [3.63, 3.8) is 0 Å². The van der Waals surface area contributed by atoms with E-state index in [1.165, 1.54) is 0 Å². The largest absolute Gasteiger partial charge is 0.362 e. The molecule has 23 heavy (non-hydrogen) atoms. The summed E-state index contributed by atoms with van der Waals surface area (Å²) in [5.41, 5.74) is 3.88. The van der Waals surface area contributed by atoms with Gasteiger partial charge in [0.25, 0.3) is 0 Å². The quantitative estimate of drug-likeness (QED) is 0.520. The molecule has 0 aliphatic carbocycles. The maximum absolute atomic E-state index is 12.2. The first-order valence-electron chi connectivity index (χ1n) is 7.51. The van der Waals surface area contributed by atoms with Crippen molar-refractivity contribution in [3.05, 3.63) is 103 Å². The first-order valence-corrected chi connectivity index (χ1v) is 7.51. The molecule has 2 nitrogen and oxygen atoms in total. The van der Waals surface area contributed by atoms with Crippen LogP contribution < -0.4 is 5.32 Å². The number of ketones is 1. The smallest absolute Gasteiger partial charge is 0.187 e. The molecule has 0 fully saturated rings. The number of para-hydroxylation sites is 1. The molecule has 2 heteroatoms. The Hall–Kier alpha value is -3.13. The van der Waals surface area contributed by atoms with Crippen molar-refractivity contribution < 1.29 is 4.79 Å². The molecular formula is C21H17NO. The van der Waals surface area contributed by atoms with Crippen LogP contribution in [0.5, 0.6) is 0 Å². The monoisotopic (exact) mass is 299 g/mol. The minimum atomic E-state index is -0.0203. The number of anilines is 1.